The van der Waals surface area contributed by atoms with Gasteiger partial charge in [0, 0.05) is 30.0 Å². The van der Waals surface area contributed by atoms with Gasteiger partial charge in [0.05, 0.1) is 5.60 Å². The molecule has 0 aliphatic heterocycles. The third-order valence-corrected chi connectivity index (χ3v) is 4.55. The molecule has 1 aromatic rings. The van der Waals surface area contributed by atoms with Crippen LogP contribution in [0.1, 0.15) is 20.8 Å². The second-order valence-electron chi connectivity index (χ2n) is 4.58. The maximum atomic E-state index is 12.3. The Morgan fingerprint density at radius 3 is 2.50 bits per heavy atom. The zero-order valence-corrected chi connectivity index (χ0v) is 13.0. The van der Waals surface area contributed by atoms with Gasteiger partial charge in [0.15, 0.2) is 0 Å². The average Bonchev–Trinajstić information content (AvgIpc) is 2.24. The van der Waals surface area contributed by atoms with Gasteiger partial charge in [-0.05, 0) is 35.8 Å². The largest absolute Gasteiger partial charge is 0.389 e. The summed E-state index contributed by atoms with van der Waals surface area (Å²) in [4.78, 5) is 3.96. The summed E-state index contributed by atoms with van der Waals surface area (Å²) >= 11 is 3.19. The zero-order chi connectivity index (χ0) is 14.0. The Balaban J connectivity index is 3.11. The van der Waals surface area contributed by atoms with Crippen molar-refractivity contribution in [1.29, 1.82) is 0 Å². The number of pyridine rings is 1. The zero-order valence-electron chi connectivity index (χ0n) is 10.6. The first-order valence-corrected chi connectivity index (χ1v) is 7.73. The predicted octanol–water partition coefficient (Wildman–Crippen LogP) is 1.63. The highest BCUT2D eigenvalue weighted by atomic mass is 79.9. The fourth-order valence-corrected chi connectivity index (χ4v) is 3.59. The Morgan fingerprint density at radius 1 is 1.44 bits per heavy atom. The number of nitrogens with zero attached hydrogens (tertiary/aromatic N) is 2. The molecule has 5 nitrogen and oxygen atoms in total. The molecule has 0 saturated carbocycles. The Labute approximate surface area is 116 Å². The van der Waals surface area contributed by atoms with Crippen LogP contribution in [-0.4, -0.2) is 41.5 Å². The molecule has 1 rings (SSSR count). The topological polar surface area (TPSA) is 70.5 Å². The third-order valence-electron chi connectivity index (χ3n) is 2.23. The van der Waals surface area contributed by atoms with E-state index in [4.69, 9.17) is 0 Å². The van der Waals surface area contributed by atoms with E-state index in [0.29, 0.717) is 11.0 Å². The van der Waals surface area contributed by atoms with Crippen molar-refractivity contribution in [2.24, 2.45) is 0 Å². The molecule has 0 aromatic carbocycles. The van der Waals surface area contributed by atoms with E-state index in [2.05, 4.69) is 20.9 Å². The number of rotatable bonds is 5. The van der Waals surface area contributed by atoms with Gasteiger partial charge < -0.3 is 5.11 Å². The molecule has 0 bridgehead atoms. The highest BCUT2D eigenvalue weighted by Crippen LogP contribution is 2.20. The van der Waals surface area contributed by atoms with Crippen LogP contribution in [-0.2, 0) is 10.0 Å². The van der Waals surface area contributed by atoms with Crippen molar-refractivity contribution in [3.63, 3.8) is 0 Å². The van der Waals surface area contributed by atoms with Crippen molar-refractivity contribution in [2.75, 3.05) is 13.1 Å². The molecule has 102 valence electrons. The third kappa shape index (κ3) is 4.01. The normalized spacial score (nSPS) is 13.0. The van der Waals surface area contributed by atoms with Crippen molar-refractivity contribution in [2.45, 2.75) is 31.3 Å². The van der Waals surface area contributed by atoms with E-state index >= 15 is 0 Å². The molecule has 0 fully saturated rings. The lowest BCUT2D eigenvalue weighted by molar-refractivity contribution is 0.0601. The van der Waals surface area contributed by atoms with Crippen molar-refractivity contribution >= 4 is 26.0 Å². The first-order chi connectivity index (χ1) is 8.16. The van der Waals surface area contributed by atoms with E-state index in [1.54, 1.807) is 20.8 Å². The second kappa shape index (κ2) is 5.64. The SMILES string of the molecule is CCN(CC(C)(C)O)S(=O)(=O)c1cncc(Br)c1. The molecule has 0 spiro atoms. The molecule has 0 amide bonds. The lowest BCUT2D eigenvalue weighted by atomic mass is 10.1. The molecule has 7 heteroatoms. The monoisotopic (exact) mass is 336 g/mol. The molecule has 18 heavy (non-hydrogen) atoms. The van der Waals surface area contributed by atoms with Gasteiger partial charge in [-0.2, -0.15) is 4.31 Å². The first-order valence-electron chi connectivity index (χ1n) is 5.50. The van der Waals surface area contributed by atoms with E-state index in [-0.39, 0.29) is 11.4 Å². The minimum absolute atomic E-state index is 0.0400. The number of hydrogen-bond donors (Lipinski definition) is 1. The Kier molecular flexibility index (Phi) is 4.88. The van der Waals surface area contributed by atoms with Gasteiger partial charge in [-0.1, -0.05) is 6.92 Å². The number of halogens is 1. The molecule has 1 aromatic heterocycles. The van der Waals surface area contributed by atoms with Gasteiger partial charge >= 0.3 is 0 Å². The Bertz CT molecular complexity index is 511. The summed E-state index contributed by atoms with van der Waals surface area (Å²) in [6.45, 7) is 5.21. The van der Waals surface area contributed by atoms with E-state index in [9.17, 15) is 13.5 Å². The van der Waals surface area contributed by atoms with E-state index in [1.165, 1.54) is 22.8 Å². The van der Waals surface area contributed by atoms with Crippen molar-refractivity contribution in [3.05, 3.63) is 22.9 Å². The average molecular weight is 337 g/mol. The van der Waals surface area contributed by atoms with Gasteiger partial charge in [0.2, 0.25) is 10.0 Å². The Morgan fingerprint density at radius 2 is 2.06 bits per heavy atom. The molecule has 0 unspecified atom stereocenters. The number of aromatic nitrogens is 1. The van der Waals surface area contributed by atoms with Crippen LogP contribution in [0.15, 0.2) is 27.8 Å². The predicted molar refractivity (Wildman–Crippen MR) is 72.7 cm³/mol. The number of aliphatic hydroxyl groups is 1. The number of sulfonamides is 1. The smallest absolute Gasteiger partial charge is 0.244 e. The lowest BCUT2D eigenvalue weighted by Gasteiger charge is -2.27. The minimum atomic E-state index is -3.63. The molecule has 1 heterocycles. The fourth-order valence-electron chi connectivity index (χ4n) is 1.48. The quantitative estimate of drug-likeness (QED) is 0.887. The maximum Gasteiger partial charge on any atom is 0.244 e. The van der Waals surface area contributed by atoms with E-state index < -0.39 is 15.6 Å². The van der Waals surface area contributed by atoms with Crippen molar-refractivity contribution in [1.82, 2.24) is 9.29 Å². The molecule has 1 N–H and O–H groups in total. The van der Waals surface area contributed by atoms with Gasteiger partial charge in [-0.25, -0.2) is 8.42 Å². The lowest BCUT2D eigenvalue weighted by Crippen LogP contribution is -2.42. The molecule has 0 atom stereocenters. The van der Waals surface area contributed by atoms with Crippen LogP contribution in [0.5, 0.6) is 0 Å². The van der Waals surface area contributed by atoms with E-state index in [1.807, 2.05) is 0 Å². The number of hydrogen-bond acceptors (Lipinski definition) is 4. The molecule has 0 saturated heterocycles. The van der Waals surface area contributed by atoms with Crippen LogP contribution < -0.4 is 0 Å². The van der Waals surface area contributed by atoms with Crippen LogP contribution in [0, 0.1) is 0 Å². The second-order valence-corrected chi connectivity index (χ2v) is 7.44. The van der Waals surface area contributed by atoms with Gasteiger partial charge in [0.1, 0.15) is 4.90 Å². The van der Waals surface area contributed by atoms with Crippen LogP contribution in [0.3, 0.4) is 0 Å². The van der Waals surface area contributed by atoms with Gasteiger partial charge in [-0.15, -0.1) is 0 Å². The summed E-state index contributed by atoms with van der Waals surface area (Å²) in [6.07, 6.45) is 2.82. The molecular weight excluding hydrogens is 320 g/mol. The molecule has 0 aliphatic carbocycles. The molecule has 0 aliphatic rings. The highest BCUT2D eigenvalue weighted by molar-refractivity contribution is 9.10. The van der Waals surface area contributed by atoms with Crippen LogP contribution in [0.2, 0.25) is 0 Å². The van der Waals surface area contributed by atoms with E-state index in [0.717, 1.165) is 0 Å². The number of likely N-dealkylation sites (N-methyl/N-ethyl adjacent to an activating group) is 1. The summed E-state index contributed by atoms with van der Waals surface area (Å²) in [5, 5.41) is 9.75. The highest BCUT2D eigenvalue weighted by Gasteiger charge is 2.28. The summed E-state index contributed by atoms with van der Waals surface area (Å²) in [5.41, 5.74) is -1.08. The summed E-state index contributed by atoms with van der Waals surface area (Å²) in [5.74, 6) is 0. The van der Waals surface area contributed by atoms with Crippen LogP contribution in [0.4, 0.5) is 0 Å². The maximum absolute atomic E-state index is 12.3. The standard InChI is InChI=1S/C11H17BrN2O3S/c1-4-14(8-11(2,3)15)18(16,17)10-5-9(12)6-13-7-10/h5-7,15H,4,8H2,1-3H3. The van der Waals surface area contributed by atoms with Gasteiger partial charge in [-0.3, -0.25) is 4.98 Å². The molecular formula is C11H17BrN2O3S. The minimum Gasteiger partial charge on any atom is -0.389 e. The summed E-state index contributed by atoms with van der Waals surface area (Å²) in [7, 11) is -3.63. The fraction of sp³-hybridized carbons (Fsp3) is 0.545. The summed E-state index contributed by atoms with van der Waals surface area (Å²) < 4.78 is 26.5. The Hall–Kier alpha value is -0.500. The van der Waals surface area contributed by atoms with Crippen LogP contribution in [0.25, 0.3) is 0 Å². The van der Waals surface area contributed by atoms with Crippen LogP contribution >= 0.6 is 15.9 Å². The van der Waals surface area contributed by atoms with Crippen molar-refractivity contribution < 1.29 is 13.5 Å². The first kappa shape index (κ1) is 15.6. The molecule has 0 radical (unpaired) electrons. The van der Waals surface area contributed by atoms with Crippen molar-refractivity contribution in [3.8, 4) is 0 Å². The summed E-state index contributed by atoms with van der Waals surface area (Å²) in [6, 6.07) is 1.50. The van der Waals surface area contributed by atoms with Gasteiger partial charge in [0.25, 0.3) is 0 Å².